The summed E-state index contributed by atoms with van der Waals surface area (Å²) in [6.07, 6.45) is 1.64. The Morgan fingerprint density at radius 1 is 1.29 bits per heavy atom. The molecule has 4 N–H and O–H groups in total. The number of ether oxygens (including phenoxy) is 1. The smallest absolute Gasteiger partial charge is 0.264 e. The maximum atomic E-state index is 12.2. The molecule has 8 nitrogen and oxygen atoms in total. The van der Waals surface area contributed by atoms with E-state index in [2.05, 4.69) is 26.2 Å². The van der Waals surface area contributed by atoms with Gasteiger partial charge in [0.25, 0.3) is 5.91 Å². The Bertz CT molecular complexity index is 1110. The molecule has 0 saturated carbocycles. The summed E-state index contributed by atoms with van der Waals surface area (Å²) in [6.45, 7) is 0. The highest BCUT2D eigenvalue weighted by molar-refractivity contribution is 9.10. The van der Waals surface area contributed by atoms with Crippen LogP contribution in [-0.4, -0.2) is 31.7 Å². The number of methoxy groups -OCH3 is 1. The number of carbonyl (C=O) groups is 1. The second kappa shape index (κ2) is 7.95. The fraction of sp³-hybridized carbons (Fsp3) is 0.0588. The number of nitrogens with two attached hydrogens (primary N) is 1. The normalized spacial score (nSPS) is 17.2. The van der Waals surface area contributed by atoms with Crippen LogP contribution in [0.3, 0.4) is 0 Å². The second-order valence-electron chi connectivity index (χ2n) is 5.57. The fourth-order valence-corrected chi connectivity index (χ4v) is 4.08. The molecular formula is C17H14BrN3O5S2. The number of amidine groups is 1. The highest BCUT2D eigenvalue weighted by atomic mass is 79.9. The summed E-state index contributed by atoms with van der Waals surface area (Å²) >= 11 is 4.47. The third-order valence-electron chi connectivity index (χ3n) is 3.63. The van der Waals surface area contributed by atoms with Crippen LogP contribution in [-0.2, 0) is 14.8 Å². The number of rotatable bonds is 4. The quantitative estimate of drug-likeness (QED) is 0.572. The molecule has 0 unspecified atom stereocenters. The van der Waals surface area contributed by atoms with E-state index in [9.17, 15) is 18.3 Å². The van der Waals surface area contributed by atoms with Crippen molar-refractivity contribution in [2.45, 2.75) is 4.90 Å². The monoisotopic (exact) mass is 483 g/mol. The van der Waals surface area contributed by atoms with Gasteiger partial charge in [-0.25, -0.2) is 18.5 Å². The van der Waals surface area contributed by atoms with Crippen LogP contribution in [0.25, 0.3) is 6.08 Å². The number of phenolic OH excluding ortho intramolecular Hbond substituents is 1. The van der Waals surface area contributed by atoms with Gasteiger partial charge in [-0.2, -0.15) is 0 Å². The van der Waals surface area contributed by atoms with Gasteiger partial charge in [0.1, 0.15) is 0 Å². The van der Waals surface area contributed by atoms with E-state index in [1.165, 1.54) is 37.4 Å². The van der Waals surface area contributed by atoms with E-state index in [1.807, 2.05) is 0 Å². The number of sulfonamides is 1. The lowest BCUT2D eigenvalue weighted by molar-refractivity contribution is -0.115. The van der Waals surface area contributed by atoms with E-state index in [-0.39, 0.29) is 22.3 Å². The highest BCUT2D eigenvalue weighted by Gasteiger charge is 2.24. The second-order valence-corrected chi connectivity index (χ2v) is 9.01. The molecular weight excluding hydrogens is 470 g/mol. The topological polar surface area (TPSA) is 131 Å². The van der Waals surface area contributed by atoms with Crippen LogP contribution < -0.4 is 15.2 Å². The average molecular weight is 484 g/mol. The molecule has 3 rings (SSSR count). The molecule has 28 heavy (non-hydrogen) atoms. The predicted octanol–water partition coefficient (Wildman–Crippen LogP) is 2.70. The van der Waals surface area contributed by atoms with Gasteiger partial charge in [-0.05, 0) is 59.8 Å². The molecule has 1 aliphatic heterocycles. The number of benzene rings is 2. The van der Waals surface area contributed by atoms with Crippen molar-refractivity contribution in [2.24, 2.45) is 10.1 Å². The van der Waals surface area contributed by atoms with Gasteiger partial charge in [0.15, 0.2) is 16.7 Å². The van der Waals surface area contributed by atoms with E-state index < -0.39 is 10.0 Å². The molecule has 0 aliphatic carbocycles. The first-order chi connectivity index (χ1) is 13.2. The van der Waals surface area contributed by atoms with Gasteiger partial charge in [-0.15, -0.1) is 0 Å². The molecule has 1 fully saturated rings. The Hall–Kier alpha value is -2.34. The van der Waals surface area contributed by atoms with Crippen molar-refractivity contribution in [3.05, 3.63) is 51.3 Å². The average Bonchev–Trinajstić information content (AvgIpc) is 2.96. The molecule has 2 aromatic carbocycles. The van der Waals surface area contributed by atoms with Crippen molar-refractivity contribution in [2.75, 3.05) is 7.11 Å². The van der Waals surface area contributed by atoms with Crippen molar-refractivity contribution >= 4 is 60.6 Å². The minimum Gasteiger partial charge on any atom is -0.504 e. The van der Waals surface area contributed by atoms with Gasteiger partial charge in [-0.1, -0.05) is 15.9 Å². The number of nitrogens with zero attached hydrogens (tertiary/aromatic N) is 1. The summed E-state index contributed by atoms with van der Waals surface area (Å²) in [4.78, 5) is 16.9. The largest absolute Gasteiger partial charge is 0.504 e. The number of halogens is 1. The fourth-order valence-electron chi connectivity index (χ4n) is 2.28. The van der Waals surface area contributed by atoms with Crippen molar-refractivity contribution in [1.29, 1.82) is 0 Å². The Labute approximate surface area is 173 Å². The van der Waals surface area contributed by atoms with Gasteiger partial charge in [-0.3, -0.25) is 4.79 Å². The number of aromatic hydroxyl groups is 1. The SMILES string of the molecule is COc1cc(C=C2SC(=Nc3ccc(S(N)(=O)=O)cc3)NC2=O)c(Br)cc1O. The molecule has 0 radical (unpaired) electrons. The molecule has 0 spiro atoms. The van der Waals surface area contributed by atoms with E-state index in [1.54, 1.807) is 12.1 Å². The molecule has 1 saturated heterocycles. The summed E-state index contributed by atoms with van der Waals surface area (Å²) in [5.74, 6) is -0.0728. The third-order valence-corrected chi connectivity index (χ3v) is 6.16. The Morgan fingerprint density at radius 3 is 2.57 bits per heavy atom. The van der Waals surface area contributed by atoms with Crippen LogP contribution in [0.4, 0.5) is 5.69 Å². The van der Waals surface area contributed by atoms with Gasteiger partial charge in [0.2, 0.25) is 10.0 Å². The molecule has 146 valence electrons. The van der Waals surface area contributed by atoms with Gasteiger partial charge >= 0.3 is 0 Å². The molecule has 1 aliphatic rings. The molecule has 1 amide bonds. The van der Waals surface area contributed by atoms with Crippen molar-refractivity contribution < 1.29 is 23.1 Å². The molecule has 1 heterocycles. The van der Waals surface area contributed by atoms with Gasteiger partial charge in [0.05, 0.1) is 22.6 Å². The van der Waals surface area contributed by atoms with E-state index in [0.29, 0.717) is 25.8 Å². The Kier molecular flexibility index (Phi) is 5.79. The minimum atomic E-state index is -3.78. The first-order valence-corrected chi connectivity index (χ1v) is 10.8. The zero-order valence-electron chi connectivity index (χ0n) is 14.3. The summed E-state index contributed by atoms with van der Waals surface area (Å²) < 4.78 is 28.3. The number of primary sulfonamides is 1. The lowest BCUT2D eigenvalue weighted by Gasteiger charge is -2.06. The van der Waals surface area contributed by atoms with Crippen LogP contribution in [0.1, 0.15) is 5.56 Å². The van der Waals surface area contributed by atoms with Crippen LogP contribution in [0, 0.1) is 0 Å². The van der Waals surface area contributed by atoms with E-state index in [4.69, 9.17) is 9.88 Å². The molecule has 11 heteroatoms. The number of hydrogen-bond acceptors (Lipinski definition) is 7. The first kappa shape index (κ1) is 20.4. The number of thioether (sulfide) groups is 1. The number of aliphatic imine (C=N–C) groups is 1. The molecule has 0 aromatic heterocycles. The Morgan fingerprint density at radius 2 is 1.96 bits per heavy atom. The van der Waals surface area contributed by atoms with Gasteiger partial charge in [0, 0.05) is 4.47 Å². The van der Waals surface area contributed by atoms with E-state index >= 15 is 0 Å². The number of hydrogen-bond donors (Lipinski definition) is 3. The first-order valence-electron chi connectivity index (χ1n) is 7.66. The maximum absolute atomic E-state index is 12.2. The number of phenols is 1. The number of amides is 1. The number of nitrogens with one attached hydrogen (secondary N) is 1. The van der Waals surface area contributed by atoms with Crippen molar-refractivity contribution in [3.63, 3.8) is 0 Å². The minimum absolute atomic E-state index is 0.0220. The Balaban J connectivity index is 1.86. The standard InChI is InChI=1S/C17H14BrN3O5S2/c1-26-14-6-9(12(18)8-13(14)22)7-15-16(23)21-17(27-15)20-10-2-4-11(5-3-10)28(19,24)25/h2-8,22H,1H3,(H2,19,24,25)(H,20,21,23). The zero-order valence-corrected chi connectivity index (χ0v) is 17.6. The number of carbonyl (C=O) groups excluding carboxylic acids is 1. The van der Waals surface area contributed by atoms with Crippen LogP contribution in [0.5, 0.6) is 11.5 Å². The lowest BCUT2D eigenvalue weighted by Crippen LogP contribution is -2.19. The third kappa shape index (κ3) is 4.55. The summed E-state index contributed by atoms with van der Waals surface area (Å²) in [7, 11) is -2.34. The van der Waals surface area contributed by atoms with Crippen LogP contribution in [0.15, 0.2) is 55.7 Å². The van der Waals surface area contributed by atoms with Crippen LogP contribution >= 0.6 is 27.7 Å². The van der Waals surface area contributed by atoms with Gasteiger partial charge < -0.3 is 15.2 Å². The molecule has 0 atom stereocenters. The molecule has 2 aromatic rings. The van der Waals surface area contributed by atoms with E-state index in [0.717, 1.165) is 11.8 Å². The maximum Gasteiger partial charge on any atom is 0.264 e. The highest BCUT2D eigenvalue weighted by Crippen LogP contribution is 2.35. The zero-order chi connectivity index (χ0) is 20.5. The summed E-state index contributed by atoms with van der Waals surface area (Å²) in [6, 6.07) is 8.73. The predicted molar refractivity (Wildman–Crippen MR) is 111 cm³/mol. The van der Waals surface area contributed by atoms with Crippen LogP contribution in [0.2, 0.25) is 0 Å². The summed E-state index contributed by atoms with van der Waals surface area (Å²) in [5, 5.41) is 17.8. The van der Waals surface area contributed by atoms with Crippen molar-refractivity contribution in [1.82, 2.24) is 5.32 Å². The molecule has 0 bridgehead atoms. The van der Waals surface area contributed by atoms with Crippen molar-refractivity contribution in [3.8, 4) is 11.5 Å². The lowest BCUT2D eigenvalue weighted by atomic mass is 10.2. The summed E-state index contributed by atoms with van der Waals surface area (Å²) in [5.41, 5.74) is 1.11.